The minimum atomic E-state index is -2.86. The van der Waals surface area contributed by atoms with Gasteiger partial charge in [0.2, 0.25) is 0 Å². The molecule has 0 radical (unpaired) electrons. The molecule has 1 aliphatic carbocycles. The summed E-state index contributed by atoms with van der Waals surface area (Å²) in [6, 6.07) is 10.5. The molecule has 142 valence electrons. The molecular weight excluding hydrogens is 358 g/mol. The van der Waals surface area contributed by atoms with Crippen LogP contribution in [0.5, 0.6) is 17.2 Å². The van der Waals surface area contributed by atoms with Crippen molar-refractivity contribution >= 4 is 5.97 Å². The van der Waals surface area contributed by atoms with E-state index in [0.29, 0.717) is 30.9 Å². The average Bonchev–Trinajstić information content (AvgIpc) is 3.19. The number of benzene rings is 2. The number of aliphatic carboxylic acids is 1. The molecule has 27 heavy (non-hydrogen) atoms. The number of carboxylic acids is 1. The average molecular weight is 376 g/mol. The minimum Gasteiger partial charge on any atom is -0.492 e. The summed E-state index contributed by atoms with van der Waals surface area (Å²) in [6.45, 7) is -2.52. The summed E-state index contributed by atoms with van der Waals surface area (Å²) in [4.78, 5) is 10.9. The first-order chi connectivity index (χ1) is 13.0. The third kappa shape index (κ3) is 3.54. The predicted molar refractivity (Wildman–Crippen MR) is 91.7 cm³/mol. The molecule has 0 amide bonds. The molecule has 0 spiro atoms. The lowest BCUT2D eigenvalue weighted by Crippen LogP contribution is -2.07. The van der Waals surface area contributed by atoms with Gasteiger partial charge in [-0.25, -0.2) is 0 Å². The molecule has 0 saturated carbocycles. The lowest BCUT2D eigenvalue weighted by molar-refractivity contribution is -0.137. The first-order valence-corrected chi connectivity index (χ1v) is 8.73. The fourth-order valence-electron chi connectivity index (χ4n) is 3.79. The Morgan fingerprint density at radius 2 is 2.11 bits per heavy atom. The predicted octanol–water partition coefficient (Wildman–Crippen LogP) is 4.31. The number of hydrogen-bond acceptors (Lipinski definition) is 4. The van der Waals surface area contributed by atoms with E-state index in [1.165, 1.54) is 0 Å². The maximum atomic E-state index is 12.6. The molecule has 1 heterocycles. The molecule has 0 aromatic heterocycles. The highest BCUT2D eigenvalue weighted by molar-refractivity contribution is 5.68. The molecule has 0 fully saturated rings. The summed E-state index contributed by atoms with van der Waals surface area (Å²) in [6.07, 6.45) is 1.04. The van der Waals surface area contributed by atoms with Gasteiger partial charge in [-0.2, -0.15) is 8.78 Å². The van der Waals surface area contributed by atoms with E-state index in [9.17, 15) is 13.6 Å². The second kappa shape index (κ2) is 7.06. The van der Waals surface area contributed by atoms with E-state index >= 15 is 0 Å². The highest BCUT2D eigenvalue weighted by atomic mass is 19.3. The van der Waals surface area contributed by atoms with Gasteiger partial charge in [0.15, 0.2) is 0 Å². The SMILES string of the molecule is O=C(O)CC1COc2cc(O[C@@H]3CCc4c(OC(F)F)cccc43)ccc21. The Morgan fingerprint density at radius 1 is 1.26 bits per heavy atom. The molecule has 1 aliphatic heterocycles. The maximum absolute atomic E-state index is 12.6. The Labute approximate surface area is 154 Å². The normalized spacial score (nSPS) is 20.1. The van der Waals surface area contributed by atoms with Crippen molar-refractivity contribution in [3.63, 3.8) is 0 Å². The molecule has 5 nitrogen and oxygen atoms in total. The topological polar surface area (TPSA) is 65.0 Å². The number of rotatable bonds is 6. The van der Waals surface area contributed by atoms with Crippen LogP contribution in [0.4, 0.5) is 8.78 Å². The molecule has 4 rings (SSSR count). The zero-order valence-corrected chi connectivity index (χ0v) is 14.4. The largest absolute Gasteiger partial charge is 0.492 e. The van der Waals surface area contributed by atoms with E-state index in [1.807, 2.05) is 12.1 Å². The van der Waals surface area contributed by atoms with Crippen molar-refractivity contribution in [1.82, 2.24) is 0 Å². The van der Waals surface area contributed by atoms with Gasteiger partial charge >= 0.3 is 12.6 Å². The van der Waals surface area contributed by atoms with E-state index in [1.54, 1.807) is 24.3 Å². The molecule has 1 N–H and O–H groups in total. The van der Waals surface area contributed by atoms with E-state index in [-0.39, 0.29) is 24.2 Å². The highest BCUT2D eigenvalue weighted by Gasteiger charge is 2.30. The molecule has 0 saturated heterocycles. The standard InChI is InChI=1S/C20H18F2O5/c21-20(22)27-16-3-1-2-14-15(16)6-7-17(14)26-12-4-5-13-11(8-19(23)24)10-25-18(13)9-12/h1-5,9,11,17,20H,6-8,10H2,(H,23,24)/t11?,17-/m1/s1. The molecule has 0 bridgehead atoms. The molecule has 2 atom stereocenters. The van der Waals surface area contributed by atoms with Gasteiger partial charge in [0.1, 0.15) is 23.4 Å². The quantitative estimate of drug-likeness (QED) is 0.814. The Hall–Kier alpha value is -2.83. The Bertz CT molecular complexity index is 867. The highest BCUT2D eigenvalue weighted by Crippen LogP contribution is 2.42. The zero-order valence-electron chi connectivity index (χ0n) is 14.4. The van der Waals surface area contributed by atoms with Crippen molar-refractivity contribution in [3.05, 3.63) is 53.1 Å². The van der Waals surface area contributed by atoms with E-state index in [4.69, 9.17) is 14.6 Å². The van der Waals surface area contributed by atoms with Crippen LogP contribution in [0.25, 0.3) is 0 Å². The molecule has 2 aliphatic rings. The second-order valence-corrected chi connectivity index (χ2v) is 6.65. The van der Waals surface area contributed by atoms with E-state index in [2.05, 4.69) is 4.74 Å². The van der Waals surface area contributed by atoms with Gasteiger partial charge in [-0.1, -0.05) is 18.2 Å². The third-order valence-electron chi connectivity index (χ3n) is 4.95. The van der Waals surface area contributed by atoms with Crippen LogP contribution < -0.4 is 14.2 Å². The van der Waals surface area contributed by atoms with Crippen molar-refractivity contribution in [2.75, 3.05) is 6.61 Å². The van der Waals surface area contributed by atoms with Crippen LogP contribution in [-0.4, -0.2) is 24.3 Å². The number of halogens is 2. The molecular formula is C20H18F2O5. The minimum absolute atomic E-state index is 0.0239. The van der Waals surface area contributed by atoms with Gasteiger partial charge in [0.25, 0.3) is 0 Å². The molecule has 7 heteroatoms. The number of ether oxygens (including phenoxy) is 3. The van der Waals surface area contributed by atoms with Crippen molar-refractivity contribution in [2.45, 2.75) is 37.9 Å². The van der Waals surface area contributed by atoms with Gasteiger partial charge in [0.05, 0.1) is 13.0 Å². The zero-order chi connectivity index (χ0) is 19.0. The Morgan fingerprint density at radius 3 is 2.89 bits per heavy atom. The summed E-state index contributed by atoms with van der Waals surface area (Å²) in [5.41, 5.74) is 2.46. The summed E-state index contributed by atoms with van der Waals surface area (Å²) in [5.74, 6) is 0.408. The van der Waals surface area contributed by atoms with Gasteiger partial charge in [-0.3, -0.25) is 4.79 Å². The van der Waals surface area contributed by atoms with Crippen molar-refractivity contribution in [3.8, 4) is 17.2 Å². The van der Waals surface area contributed by atoms with Crippen molar-refractivity contribution < 1.29 is 32.9 Å². The summed E-state index contributed by atoms with van der Waals surface area (Å²) in [5, 5.41) is 8.98. The number of alkyl halides is 2. The second-order valence-electron chi connectivity index (χ2n) is 6.65. The third-order valence-corrected chi connectivity index (χ3v) is 4.95. The van der Waals surface area contributed by atoms with Crippen LogP contribution in [0.15, 0.2) is 36.4 Å². The first kappa shape index (κ1) is 17.6. The molecule has 2 aromatic rings. The van der Waals surface area contributed by atoms with Crippen LogP contribution in [0.3, 0.4) is 0 Å². The number of carbonyl (C=O) groups is 1. The number of carboxylic acid groups (broad SMARTS) is 1. The maximum Gasteiger partial charge on any atom is 0.387 e. The fraction of sp³-hybridized carbons (Fsp3) is 0.350. The monoisotopic (exact) mass is 376 g/mol. The summed E-state index contributed by atoms with van der Waals surface area (Å²) < 4.78 is 41.4. The number of hydrogen-bond donors (Lipinski definition) is 1. The fourth-order valence-corrected chi connectivity index (χ4v) is 3.79. The van der Waals surface area contributed by atoms with Crippen LogP contribution in [0.2, 0.25) is 0 Å². The summed E-state index contributed by atoms with van der Waals surface area (Å²) in [7, 11) is 0. The van der Waals surface area contributed by atoms with Crippen LogP contribution >= 0.6 is 0 Å². The van der Waals surface area contributed by atoms with Crippen molar-refractivity contribution in [1.29, 1.82) is 0 Å². The first-order valence-electron chi connectivity index (χ1n) is 8.73. The number of fused-ring (bicyclic) bond motifs is 2. The summed E-state index contributed by atoms with van der Waals surface area (Å²) >= 11 is 0. The van der Waals surface area contributed by atoms with E-state index in [0.717, 1.165) is 16.7 Å². The smallest absolute Gasteiger partial charge is 0.387 e. The lowest BCUT2D eigenvalue weighted by atomic mass is 9.98. The molecule has 1 unspecified atom stereocenters. The lowest BCUT2D eigenvalue weighted by Gasteiger charge is -2.16. The van der Waals surface area contributed by atoms with Gasteiger partial charge in [0, 0.05) is 23.1 Å². The van der Waals surface area contributed by atoms with Crippen molar-refractivity contribution in [2.24, 2.45) is 0 Å². The molecule has 2 aromatic carbocycles. The van der Waals surface area contributed by atoms with Crippen LogP contribution in [-0.2, 0) is 11.2 Å². The Balaban J connectivity index is 1.52. The van der Waals surface area contributed by atoms with Crippen LogP contribution in [0.1, 0.15) is 41.6 Å². The van der Waals surface area contributed by atoms with E-state index < -0.39 is 12.6 Å². The van der Waals surface area contributed by atoms with Crippen LogP contribution in [0, 0.1) is 0 Å². The van der Waals surface area contributed by atoms with Gasteiger partial charge in [-0.15, -0.1) is 0 Å². The Kier molecular flexibility index (Phi) is 4.59. The van der Waals surface area contributed by atoms with Gasteiger partial charge < -0.3 is 19.3 Å². The van der Waals surface area contributed by atoms with Gasteiger partial charge in [-0.05, 0) is 30.5 Å².